The molecule has 0 spiro atoms. The van der Waals surface area contributed by atoms with Crippen molar-refractivity contribution in [3.05, 3.63) is 27.1 Å². The van der Waals surface area contributed by atoms with Gasteiger partial charge in [-0.05, 0) is 59.8 Å². The molecule has 0 aliphatic heterocycles. The third-order valence-electron chi connectivity index (χ3n) is 3.16. The van der Waals surface area contributed by atoms with Gasteiger partial charge in [-0.1, -0.05) is 31.9 Å². The molecule has 7 heteroatoms. The highest BCUT2D eigenvalue weighted by Gasteiger charge is 2.26. The molecule has 3 nitrogen and oxygen atoms in total. The lowest BCUT2D eigenvalue weighted by Crippen LogP contribution is -2.37. The number of sulfonamides is 1. The molecule has 2 rings (SSSR count). The van der Waals surface area contributed by atoms with Crippen molar-refractivity contribution in [3.8, 4) is 0 Å². The van der Waals surface area contributed by atoms with Gasteiger partial charge in [0.1, 0.15) is 0 Å². The number of nitrogens with one attached hydrogen (secondary N) is 1. The maximum Gasteiger partial charge on any atom is 0.241 e. The standard InChI is InChI=1S/C12H14Br3NO2S/c13-8-1-4-10(5-2-8)16-19(17,18)12-7-9(14)3-6-11(12)15/h3,6-8,10,16H,1-2,4-5H2. The molecule has 0 saturated heterocycles. The lowest BCUT2D eigenvalue weighted by molar-refractivity contribution is 0.422. The van der Waals surface area contributed by atoms with Crippen LogP contribution in [0.4, 0.5) is 0 Å². The highest BCUT2D eigenvalue weighted by molar-refractivity contribution is 9.11. The highest BCUT2D eigenvalue weighted by Crippen LogP contribution is 2.28. The van der Waals surface area contributed by atoms with Crippen LogP contribution in [-0.2, 0) is 10.0 Å². The zero-order chi connectivity index (χ0) is 14.0. The van der Waals surface area contributed by atoms with Crippen molar-refractivity contribution in [3.63, 3.8) is 0 Å². The van der Waals surface area contributed by atoms with Crippen molar-refractivity contribution in [2.75, 3.05) is 0 Å². The first-order chi connectivity index (χ1) is 8.88. The van der Waals surface area contributed by atoms with E-state index in [0.717, 1.165) is 30.2 Å². The van der Waals surface area contributed by atoms with Gasteiger partial charge in [-0.3, -0.25) is 0 Å². The normalized spacial score (nSPS) is 24.4. The van der Waals surface area contributed by atoms with Crippen molar-refractivity contribution in [2.24, 2.45) is 0 Å². The number of hydrogen-bond acceptors (Lipinski definition) is 2. The summed E-state index contributed by atoms with van der Waals surface area (Å²) in [6.07, 6.45) is 3.77. The zero-order valence-electron chi connectivity index (χ0n) is 10.1. The third-order valence-corrected chi connectivity index (χ3v) is 7.08. The molecule has 0 amide bonds. The van der Waals surface area contributed by atoms with Gasteiger partial charge in [-0.2, -0.15) is 0 Å². The molecular formula is C12H14Br3NO2S. The van der Waals surface area contributed by atoms with E-state index in [0.29, 0.717) is 9.30 Å². The summed E-state index contributed by atoms with van der Waals surface area (Å²) in [7, 11) is -3.47. The van der Waals surface area contributed by atoms with Gasteiger partial charge < -0.3 is 0 Å². The average Bonchev–Trinajstić information content (AvgIpc) is 2.35. The monoisotopic (exact) mass is 473 g/mol. The Kier molecular flexibility index (Phi) is 5.50. The fourth-order valence-electron chi connectivity index (χ4n) is 2.14. The summed E-state index contributed by atoms with van der Waals surface area (Å²) >= 11 is 10.2. The van der Waals surface area contributed by atoms with Gasteiger partial charge in [0, 0.05) is 19.8 Å². The molecular weight excluding hydrogens is 462 g/mol. The van der Waals surface area contributed by atoms with E-state index in [4.69, 9.17) is 0 Å². The molecule has 1 aromatic carbocycles. The summed E-state index contributed by atoms with van der Waals surface area (Å²) in [6, 6.07) is 5.18. The highest BCUT2D eigenvalue weighted by atomic mass is 79.9. The van der Waals surface area contributed by atoms with Crippen LogP contribution in [0.5, 0.6) is 0 Å². The van der Waals surface area contributed by atoms with Gasteiger partial charge in [0.05, 0.1) is 4.90 Å². The van der Waals surface area contributed by atoms with E-state index in [2.05, 4.69) is 52.5 Å². The molecule has 0 bridgehead atoms. The van der Waals surface area contributed by atoms with Crippen LogP contribution in [0.15, 0.2) is 32.0 Å². The van der Waals surface area contributed by atoms with E-state index in [-0.39, 0.29) is 10.9 Å². The topological polar surface area (TPSA) is 46.2 Å². The van der Waals surface area contributed by atoms with Crippen molar-refractivity contribution < 1.29 is 8.42 Å². The first-order valence-electron chi connectivity index (χ1n) is 6.00. The van der Waals surface area contributed by atoms with E-state index in [9.17, 15) is 8.42 Å². The first-order valence-corrected chi connectivity index (χ1v) is 9.98. The Labute approximate surface area is 139 Å². The molecule has 1 fully saturated rings. The second-order valence-corrected chi connectivity index (χ2v) is 9.39. The van der Waals surface area contributed by atoms with E-state index in [1.165, 1.54) is 0 Å². The Balaban J connectivity index is 2.16. The Morgan fingerprint density at radius 3 is 2.37 bits per heavy atom. The van der Waals surface area contributed by atoms with Crippen molar-refractivity contribution in [1.82, 2.24) is 4.72 Å². The summed E-state index contributed by atoms with van der Waals surface area (Å²) in [6.45, 7) is 0. The summed E-state index contributed by atoms with van der Waals surface area (Å²) in [5.41, 5.74) is 0. The second kappa shape index (κ2) is 6.56. The third kappa shape index (κ3) is 4.27. The van der Waals surface area contributed by atoms with Crippen LogP contribution in [0, 0.1) is 0 Å². The van der Waals surface area contributed by atoms with Crippen LogP contribution in [-0.4, -0.2) is 19.3 Å². The second-order valence-electron chi connectivity index (χ2n) is 4.64. The van der Waals surface area contributed by atoms with Crippen molar-refractivity contribution in [2.45, 2.75) is 41.4 Å². The van der Waals surface area contributed by atoms with Crippen molar-refractivity contribution in [1.29, 1.82) is 0 Å². The van der Waals surface area contributed by atoms with Gasteiger partial charge in [0.25, 0.3) is 0 Å². The number of hydrogen-bond donors (Lipinski definition) is 1. The number of rotatable bonds is 3. The van der Waals surface area contributed by atoms with Crippen LogP contribution in [0.1, 0.15) is 25.7 Å². The quantitative estimate of drug-likeness (QED) is 0.666. The molecule has 1 saturated carbocycles. The van der Waals surface area contributed by atoms with E-state index in [1.807, 2.05) is 0 Å². The molecule has 1 aliphatic rings. The molecule has 0 heterocycles. The van der Waals surface area contributed by atoms with Gasteiger partial charge in [0.15, 0.2) is 0 Å². The Morgan fingerprint density at radius 2 is 1.74 bits per heavy atom. The number of benzene rings is 1. The SMILES string of the molecule is O=S(=O)(NC1CCC(Br)CC1)c1cc(Br)ccc1Br. The minimum Gasteiger partial charge on any atom is -0.208 e. The molecule has 1 aliphatic carbocycles. The number of halogens is 3. The van der Waals surface area contributed by atoms with Gasteiger partial charge >= 0.3 is 0 Å². The van der Waals surface area contributed by atoms with Crippen LogP contribution in [0.3, 0.4) is 0 Å². The van der Waals surface area contributed by atoms with E-state index >= 15 is 0 Å². The largest absolute Gasteiger partial charge is 0.241 e. The van der Waals surface area contributed by atoms with Crippen molar-refractivity contribution >= 4 is 57.8 Å². The predicted molar refractivity (Wildman–Crippen MR) is 87.1 cm³/mol. The Bertz CT molecular complexity index is 554. The number of alkyl halides is 1. The smallest absolute Gasteiger partial charge is 0.208 e. The summed E-state index contributed by atoms with van der Waals surface area (Å²) in [4.78, 5) is 0.800. The fourth-order valence-corrected chi connectivity index (χ4v) is 5.47. The zero-order valence-corrected chi connectivity index (χ0v) is 15.6. The Morgan fingerprint density at radius 1 is 1.11 bits per heavy atom. The van der Waals surface area contributed by atoms with Crippen LogP contribution in [0.2, 0.25) is 0 Å². The summed E-state index contributed by atoms with van der Waals surface area (Å²) in [5, 5.41) is 0. The molecule has 0 atom stereocenters. The first kappa shape index (κ1) is 15.9. The maximum atomic E-state index is 12.4. The maximum absolute atomic E-state index is 12.4. The lowest BCUT2D eigenvalue weighted by atomic mass is 9.96. The van der Waals surface area contributed by atoms with Crippen LogP contribution >= 0.6 is 47.8 Å². The molecule has 0 aromatic heterocycles. The molecule has 19 heavy (non-hydrogen) atoms. The summed E-state index contributed by atoms with van der Waals surface area (Å²) < 4.78 is 28.9. The predicted octanol–water partition coefficient (Wildman–Crippen LogP) is 4.20. The van der Waals surface area contributed by atoms with Gasteiger partial charge in [-0.15, -0.1) is 0 Å². The average molecular weight is 476 g/mol. The van der Waals surface area contributed by atoms with E-state index in [1.54, 1.807) is 18.2 Å². The molecule has 0 radical (unpaired) electrons. The molecule has 106 valence electrons. The van der Waals surface area contributed by atoms with E-state index < -0.39 is 10.0 Å². The summed E-state index contributed by atoms with van der Waals surface area (Å²) in [5.74, 6) is 0. The minimum absolute atomic E-state index is 0.0321. The van der Waals surface area contributed by atoms with Gasteiger partial charge in [-0.25, -0.2) is 13.1 Å². The van der Waals surface area contributed by atoms with Crippen LogP contribution in [0.25, 0.3) is 0 Å². The van der Waals surface area contributed by atoms with Crippen LogP contribution < -0.4 is 4.72 Å². The molecule has 0 unspecified atom stereocenters. The Hall–Kier alpha value is 0.570. The van der Waals surface area contributed by atoms with Gasteiger partial charge in [0.2, 0.25) is 10.0 Å². The molecule has 1 N–H and O–H groups in total. The lowest BCUT2D eigenvalue weighted by Gasteiger charge is -2.26. The fraction of sp³-hybridized carbons (Fsp3) is 0.500. The molecule has 1 aromatic rings. The minimum atomic E-state index is -3.47.